The smallest absolute Gasteiger partial charge is 0.464 e. The van der Waals surface area contributed by atoms with Gasteiger partial charge >= 0.3 is 21.6 Å². The fourth-order valence-corrected chi connectivity index (χ4v) is 6.41. The van der Waals surface area contributed by atoms with Gasteiger partial charge < -0.3 is 4.74 Å². The first-order valence-corrected chi connectivity index (χ1v) is 18.2. The predicted molar refractivity (Wildman–Crippen MR) is 177 cm³/mol. The summed E-state index contributed by atoms with van der Waals surface area (Å²) in [5.41, 5.74) is 2.84. The van der Waals surface area contributed by atoms with E-state index in [0.717, 1.165) is 17.5 Å². The molecular formula is C35H40O10P2. The normalized spacial score (nSPS) is 12.4. The van der Waals surface area contributed by atoms with E-state index in [1.807, 2.05) is 55.5 Å². The van der Waals surface area contributed by atoms with Crippen LogP contribution in [-0.2, 0) is 72.2 Å². The van der Waals surface area contributed by atoms with Gasteiger partial charge in [-0.1, -0.05) is 135 Å². The molecule has 0 saturated heterocycles. The molecule has 0 aliphatic heterocycles. The third kappa shape index (κ3) is 13.3. The van der Waals surface area contributed by atoms with Gasteiger partial charge in [-0.25, -0.2) is 13.9 Å². The largest absolute Gasteiger partial charge is 0.476 e. The monoisotopic (exact) mass is 682 g/mol. The van der Waals surface area contributed by atoms with E-state index in [9.17, 15) is 13.9 Å². The van der Waals surface area contributed by atoms with Crippen molar-refractivity contribution in [2.45, 2.75) is 52.3 Å². The lowest BCUT2D eigenvalue weighted by atomic mass is 10.2. The van der Waals surface area contributed by atoms with Gasteiger partial charge in [0.15, 0.2) is 6.10 Å². The van der Waals surface area contributed by atoms with Crippen LogP contribution in [0.15, 0.2) is 121 Å². The molecule has 4 aromatic carbocycles. The van der Waals surface area contributed by atoms with Crippen LogP contribution in [0.3, 0.4) is 0 Å². The first-order chi connectivity index (χ1) is 22.9. The Morgan fingerprint density at radius 2 is 0.915 bits per heavy atom. The topological polar surface area (TPSA) is 116 Å². The fourth-order valence-electron chi connectivity index (χ4n) is 3.99. The predicted octanol–water partition coefficient (Wildman–Crippen LogP) is 8.81. The summed E-state index contributed by atoms with van der Waals surface area (Å²) < 4.78 is 67.6. The molecular weight excluding hydrogens is 642 g/mol. The van der Waals surface area contributed by atoms with Gasteiger partial charge in [0.2, 0.25) is 0 Å². The Hall–Kier alpha value is -3.43. The zero-order valence-electron chi connectivity index (χ0n) is 26.3. The molecule has 0 heterocycles. The minimum Gasteiger partial charge on any atom is -0.464 e. The van der Waals surface area contributed by atoms with Gasteiger partial charge in [0.1, 0.15) is 0 Å². The Morgan fingerprint density at radius 1 is 0.553 bits per heavy atom. The number of benzene rings is 4. The standard InChI is InChI=1S/C35H40O10P2/c1-2-3-24-39-35(36)34(45-47(38,42-27-32-20-12-6-13-21-32)43-28-33-22-14-7-15-23-33)29-44-46(37,40-25-30-16-8-4-9-17-30)41-26-31-18-10-5-11-19-31/h4-23,34H,2-3,24-29H2,1H3/t34-/m1/s1. The maximum Gasteiger partial charge on any atom is 0.476 e. The Kier molecular flexibility index (Phi) is 15.0. The van der Waals surface area contributed by atoms with Crippen molar-refractivity contribution in [1.82, 2.24) is 0 Å². The molecule has 0 bridgehead atoms. The fraction of sp³-hybridized carbons (Fsp3) is 0.286. The number of carbonyl (C=O) groups is 1. The Morgan fingerprint density at radius 3 is 1.28 bits per heavy atom. The van der Waals surface area contributed by atoms with Gasteiger partial charge in [0.05, 0.1) is 39.6 Å². The molecule has 4 aromatic rings. The molecule has 0 aromatic heterocycles. The zero-order valence-corrected chi connectivity index (χ0v) is 28.0. The van der Waals surface area contributed by atoms with Gasteiger partial charge in [0, 0.05) is 0 Å². The van der Waals surface area contributed by atoms with Crippen molar-refractivity contribution >= 4 is 21.6 Å². The average Bonchev–Trinajstić information content (AvgIpc) is 3.12. The molecule has 0 unspecified atom stereocenters. The minimum atomic E-state index is -4.46. The summed E-state index contributed by atoms with van der Waals surface area (Å²) in [7, 11) is -8.79. The maximum atomic E-state index is 14.1. The van der Waals surface area contributed by atoms with Crippen molar-refractivity contribution in [3.05, 3.63) is 144 Å². The van der Waals surface area contributed by atoms with Crippen LogP contribution < -0.4 is 0 Å². The molecule has 1 atom stereocenters. The van der Waals surface area contributed by atoms with E-state index in [0.29, 0.717) is 17.5 Å². The van der Waals surface area contributed by atoms with E-state index in [4.69, 9.17) is 31.9 Å². The molecule has 10 nitrogen and oxygen atoms in total. The zero-order chi connectivity index (χ0) is 33.2. The van der Waals surface area contributed by atoms with Crippen LogP contribution in [0.5, 0.6) is 0 Å². The molecule has 0 fully saturated rings. The van der Waals surface area contributed by atoms with E-state index in [1.54, 1.807) is 72.8 Å². The summed E-state index contributed by atoms with van der Waals surface area (Å²) in [6.07, 6.45) is -0.312. The number of phosphoric ester groups is 2. The number of hydrogen-bond acceptors (Lipinski definition) is 10. The number of unbranched alkanes of at least 4 members (excludes halogenated alkanes) is 1. The second-order valence-corrected chi connectivity index (χ2v) is 13.6. The second kappa shape index (κ2) is 19.4. The quantitative estimate of drug-likeness (QED) is 0.0480. The minimum absolute atomic E-state index is 0.0852. The van der Waals surface area contributed by atoms with Crippen LogP contribution in [0, 0.1) is 0 Å². The Labute approximate surface area is 276 Å². The summed E-state index contributed by atoms with van der Waals surface area (Å²) in [6.45, 7) is 0.866. The number of hydrogen-bond donors (Lipinski definition) is 0. The highest BCUT2D eigenvalue weighted by atomic mass is 31.2. The molecule has 4 rings (SSSR count). The van der Waals surface area contributed by atoms with E-state index in [2.05, 4.69) is 0 Å². The third-order valence-electron chi connectivity index (χ3n) is 6.57. The van der Waals surface area contributed by atoms with E-state index in [1.165, 1.54) is 0 Å². The Bertz CT molecular complexity index is 1460. The molecule has 250 valence electrons. The number of ether oxygens (including phenoxy) is 1. The van der Waals surface area contributed by atoms with E-state index >= 15 is 0 Å². The second-order valence-electron chi connectivity index (χ2n) is 10.3. The van der Waals surface area contributed by atoms with Gasteiger partial charge in [-0.3, -0.25) is 27.1 Å². The van der Waals surface area contributed by atoms with Crippen molar-refractivity contribution < 1.29 is 45.8 Å². The summed E-state index contributed by atoms with van der Waals surface area (Å²) in [5, 5.41) is 0. The molecule has 0 N–H and O–H groups in total. The molecule has 0 radical (unpaired) electrons. The van der Waals surface area contributed by atoms with Gasteiger partial charge in [0.25, 0.3) is 0 Å². The van der Waals surface area contributed by atoms with Crippen molar-refractivity contribution in [3.8, 4) is 0 Å². The van der Waals surface area contributed by atoms with Crippen molar-refractivity contribution in [1.29, 1.82) is 0 Å². The average molecular weight is 683 g/mol. The highest BCUT2D eigenvalue weighted by Crippen LogP contribution is 2.54. The van der Waals surface area contributed by atoms with Gasteiger partial charge in [-0.2, -0.15) is 0 Å². The number of esters is 1. The third-order valence-corrected chi connectivity index (χ3v) is 9.33. The van der Waals surface area contributed by atoms with Gasteiger partial charge in [-0.05, 0) is 28.7 Å². The Balaban J connectivity index is 1.54. The number of phosphoric acid groups is 2. The summed E-state index contributed by atoms with van der Waals surface area (Å²) in [5.74, 6) is -0.900. The van der Waals surface area contributed by atoms with Crippen LogP contribution in [0.25, 0.3) is 0 Å². The van der Waals surface area contributed by atoms with Crippen molar-refractivity contribution in [2.24, 2.45) is 0 Å². The molecule has 0 amide bonds. The maximum absolute atomic E-state index is 14.1. The number of carbonyl (C=O) groups excluding carboxylic acids is 1. The van der Waals surface area contributed by atoms with Crippen LogP contribution in [0.1, 0.15) is 42.0 Å². The summed E-state index contributed by atoms with van der Waals surface area (Å²) in [4.78, 5) is 13.3. The van der Waals surface area contributed by atoms with Crippen LogP contribution >= 0.6 is 15.6 Å². The van der Waals surface area contributed by atoms with Crippen molar-refractivity contribution in [3.63, 3.8) is 0 Å². The van der Waals surface area contributed by atoms with Crippen LogP contribution in [0.4, 0.5) is 0 Å². The first kappa shape index (κ1) is 36.4. The van der Waals surface area contributed by atoms with E-state index < -0.39 is 34.3 Å². The lowest BCUT2D eigenvalue weighted by Crippen LogP contribution is -2.31. The summed E-state index contributed by atoms with van der Waals surface area (Å²) in [6, 6.07) is 36.1. The highest BCUT2D eigenvalue weighted by molar-refractivity contribution is 7.48. The molecule has 0 spiro atoms. The lowest BCUT2D eigenvalue weighted by Gasteiger charge is -2.25. The SMILES string of the molecule is CCCCOC(=O)[C@@H](COP(=O)(OCc1ccccc1)OCc1ccccc1)OP(=O)(OCc1ccccc1)OCc1ccccc1. The van der Waals surface area contributed by atoms with E-state index in [-0.39, 0.29) is 33.0 Å². The molecule has 12 heteroatoms. The van der Waals surface area contributed by atoms with Gasteiger partial charge in [-0.15, -0.1) is 0 Å². The first-order valence-electron chi connectivity index (χ1n) is 15.3. The van der Waals surface area contributed by atoms with Crippen LogP contribution in [0.2, 0.25) is 0 Å². The molecule has 0 aliphatic carbocycles. The van der Waals surface area contributed by atoms with Crippen molar-refractivity contribution in [2.75, 3.05) is 13.2 Å². The highest BCUT2D eigenvalue weighted by Gasteiger charge is 2.38. The number of rotatable bonds is 21. The molecule has 0 saturated carbocycles. The molecule has 47 heavy (non-hydrogen) atoms. The van der Waals surface area contributed by atoms with Crippen LogP contribution in [-0.4, -0.2) is 25.3 Å². The summed E-state index contributed by atoms with van der Waals surface area (Å²) >= 11 is 0. The molecule has 0 aliphatic rings. The lowest BCUT2D eigenvalue weighted by molar-refractivity contribution is -0.155.